The van der Waals surface area contributed by atoms with Gasteiger partial charge in [-0.05, 0) is 32.0 Å². The summed E-state index contributed by atoms with van der Waals surface area (Å²) in [7, 11) is -2.28. The van der Waals surface area contributed by atoms with Crippen molar-refractivity contribution in [3.63, 3.8) is 0 Å². The molecule has 1 amide bonds. The van der Waals surface area contributed by atoms with Crippen molar-refractivity contribution in [3.05, 3.63) is 29.8 Å². The van der Waals surface area contributed by atoms with E-state index in [1.54, 1.807) is 13.8 Å². The van der Waals surface area contributed by atoms with Gasteiger partial charge in [-0.3, -0.25) is 4.79 Å². The zero-order chi connectivity index (χ0) is 18.8. The van der Waals surface area contributed by atoms with Gasteiger partial charge in [-0.25, -0.2) is 13.2 Å². The molecule has 1 saturated heterocycles. The van der Waals surface area contributed by atoms with Gasteiger partial charge in [-0.15, -0.1) is 0 Å². The number of hydrogen-bond donors (Lipinski definition) is 2. The Morgan fingerprint density at radius 1 is 1.36 bits per heavy atom. The number of amides is 1. The number of nitrogens with zero attached hydrogens (tertiary/aromatic N) is 1. The largest absolute Gasteiger partial charge is 0.479 e. The molecule has 1 aromatic carbocycles. The molecule has 1 aliphatic heterocycles. The molecule has 0 aliphatic carbocycles. The van der Waals surface area contributed by atoms with Crippen molar-refractivity contribution in [1.82, 2.24) is 9.62 Å². The molecule has 1 atom stereocenters. The third kappa shape index (κ3) is 3.83. The number of hydrogen-bond acceptors (Lipinski definition) is 5. The van der Waals surface area contributed by atoms with Crippen molar-refractivity contribution in [1.29, 1.82) is 0 Å². The SMILES string of the molecule is CC(C)N(C)S(=O)(=O)c1cccc(C(=O)NC2(C(=O)O)CCOC2)c1. The van der Waals surface area contributed by atoms with E-state index in [-0.39, 0.29) is 36.1 Å². The zero-order valence-electron chi connectivity index (χ0n) is 14.4. The van der Waals surface area contributed by atoms with E-state index in [4.69, 9.17) is 4.74 Å². The van der Waals surface area contributed by atoms with E-state index in [2.05, 4.69) is 5.32 Å². The van der Waals surface area contributed by atoms with E-state index in [1.807, 2.05) is 0 Å². The summed E-state index contributed by atoms with van der Waals surface area (Å²) < 4.78 is 31.4. The highest BCUT2D eigenvalue weighted by Crippen LogP contribution is 2.21. The van der Waals surface area contributed by atoms with Gasteiger partial charge in [0.1, 0.15) is 0 Å². The molecule has 2 N–H and O–H groups in total. The van der Waals surface area contributed by atoms with Gasteiger partial charge >= 0.3 is 5.97 Å². The molecule has 0 bridgehead atoms. The number of carboxylic acid groups (broad SMARTS) is 1. The Labute approximate surface area is 146 Å². The molecule has 2 rings (SSSR count). The molecule has 0 radical (unpaired) electrons. The predicted octanol–water partition coefficient (Wildman–Crippen LogP) is 0.689. The number of aliphatic carboxylic acids is 1. The molecule has 1 aromatic rings. The van der Waals surface area contributed by atoms with E-state index in [1.165, 1.54) is 35.6 Å². The number of rotatable bonds is 6. The zero-order valence-corrected chi connectivity index (χ0v) is 15.2. The summed E-state index contributed by atoms with van der Waals surface area (Å²) in [4.78, 5) is 23.9. The van der Waals surface area contributed by atoms with Crippen LogP contribution in [0.3, 0.4) is 0 Å². The lowest BCUT2D eigenvalue weighted by Crippen LogP contribution is -2.55. The lowest BCUT2D eigenvalue weighted by atomic mass is 9.98. The maximum atomic E-state index is 12.5. The smallest absolute Gasteiger partial charge is 0.331 e. The molecule has 8 nitrogen and oxygen atoms in total. The van der Waals surface area contributed by atoms with Crippen LogP contribution in [-0.4, -0.2) is 61.5 Å². The third-order valence-corrected chi connectivity index (χ3v) is 6.31. The van der Waals surface area contributed by atoms with Crippen molar-refractivity contribution in [2.45, 2.75) is 36.7 Å². The van der Waals surface area contributed by atoms with Crippen LogP contribution < -0.4 is 5.32 Å². The number of carbonyl (C=O) groups excluding carboxylic acids is 1. The van der Waals surface area contributed by atoms with E-state index in [0.29, 0.717) is 0 Å². The summed E-state index contributed by atoms with van der Waals surface area (Å²) >= 11 is 0. The second-order valence-corrected chi connectivity index (χ2v) is 8.28. The highest BCUT2D eigenvalue weighted by atomic mass is 32.2. The van der Waals surface area contributed by atoms with Gasteiger partial charge in [0.25, 0.3) is 5.91 Å². The van der Waals surface area contributed by atoms with E-state index < -0.39 is 27.4 Å². The number of ether oxygens (including phenoxy) is 1. The van der Waals surface area contributed by atoms with Gasteiger partial charge in [0.05, 0.1) is 11.5 Å². The van der Waals surface area contributed by atoms with Crippen LogP contribution in [0.15, 0.2) is 29.2 Å². The average molecular weight is 370 g/mol. The Morgan fingerprint density at radius 2 is 2.04 bits per heavy atom. The molecular formula is C16H22N2O6S. The quantitative estimate of drug-likeness (QED) is 0.762. The van der Waals surface area contributed by atoms with Gasteiger partial charge in [0.2, 0.25) is 10.0 Å². The maximum Gasteiger partial charge on any atom is 0.331 e. The summed E-state index contributed by atoms with van der Waals surface area (Å²) in [6.45, 7) is 3.60. The molecule has 138 valence electrons. The normalized spacial score (nSPS) is 20.8. The Balaban J connectivity index is 2.29. The lowest BCUT2D eigenvalue weighted by Gasteiger charge is -2.24. The summed E-state index contributed by atoms with van der Waals surface area (Å²) in [5.41, 5.74) is -1.41. The Bertz CT molecular complexity index is 769. The number of benzene rings is 1. The van der Waals surface area contributed by atoms with Gasteiger partial charge < -0.3 is 15.2 Å². The summed E-state index contributed by atoms with van der Waals surface area (Å²) in [5, 5.41) is 11.8. The first-order valence-corrected chi connectivity index (χ1v) is 9.26. The van der Waals surface area contributed by atoms with Crippen LogP contribution in [0, 0.1) is 0 Å². The first kappa shape index (κ1) is 19.4. The van der Waals surface area contributed by atoms with Crippen LogP contribution in [0.1, 0.15) is 30.6 Å². The fourth-order valence-corrected chi connectivity index (χ4v) is 3.83. The number of carboxylic acids is 1. The van der Waals surface area contributed by atoms with Crippen molar-refractivity contribution in [2.24, 2.45) is 0 Å². The standard InChI is InChI=1S/C16H22N2O6S/c1-11(2)18(3)25(22,23)13-6-4-5-12(9-13)14(19)17-16(15(20)21)7-8-24-10-16/h4-6,9,11H,7-8,10H2,1-3H3,(H,17,19)(H,20,21). The topological polar surface area (TPSA) is 113 Å². The fourth-order valence-electron chi connectivity index (χ4n) is 2.42. The van der Waals surface area contributed by atoms with Crippen LogP contribution in [0.5, 0.6) is 0 Å². The van der Waals surface area contributed by atoms with Crippen molar-refractivity contribution in [3.8, 4) is 0 Å². The predicted molar refractivity (Wildman–Crippen MR) is 89.8 cm³/mol. The second kappa shape index (κ2) is 7.11. The lowest BCUT2D eigenvalue weighted by molar-refractivity contribution is -0.144. The van der Waals surface area contributed by atoms with Crippen molar-refractivity contribution >= 4 is 21.9 Å². The first-order chi connectivity index (χ1) is 11.6. The summed E-state index contributed by atoms with van der Waals surface area (Å²) in [5.74, 6) is -1.83. The summed E-state index contributed by atoms with van der Waals surface area (Å²) in [6, 6.07) is 5.29. The van der Waals surface area contributed by atoms with Crippen LogP contribution in [-0.2, 0) is 19.6 Å². The molecule has 9 heteroatoms. The minimum Gasteiger partial charge on any atom is -0.479 e. The van der Waals surface area contributed by atoms with Crippen LogP contribution in [0.25, 0.3) is 0 Å². The fraction of sp³-hybridized carbons (Fsp3) is 0.500. The number of carbonyl (C=O) groups is 2. The molecular weight excluding hydrogens is 348 g/mol. The Morgan fingerprint density at radius 3 is 2.56 bits per heavy atom. The minimum atomic E-state index is -3.74. The van der Waals surface area contributed by atoms with Crippen molar-refractivity contribution < 1.29 is 27.9 Å². The van der Waals surface area contributed by atoms with Gasteiger partial charge in [0.15, 0.2) is 5.54 Å². The Kier molecular flexibility index (Phi) is 5.50. The highest BCUT2D eigenvalue weighted by Gasteiger charge is 2.44. The highest BCUT2D eigenvalue weighted by molar-refractivity contribution is 7.89. The van der Waals surface area contributed by atoms with Gasteiger partial charge in [0, 0.05) is 31.7 Å². The third-order valence-electron chi connectivity index (χ3n) is 4.28. The second-order valence-electron chi connectivity index (χ2n) is 6.29. The van der Waals surface area contributed by atoms with Crippen LogP contribution in [0.4, 0.5) is 0 Å². The van der Waals surface area contributed by atoms with E-state index in [0.717, 1.165) is 0 Å². The molecule has 1 fully saturated rings. The first-order valence-electron chi connectivity index (χ1n) is 7.82. The monoisotopic (exact) mass is 370 g/mol. The molecule has 1 unspecified atom stereocenters. The Hall–Kier alpha value is -1.97. The minimum absolute atomic E-state index is 0.0246. The number of sulfonamides is 1. The average Bonchev–Trinajstić information content (AvgIpc) is 3.04. The van der Waals surface area contributed by atoms with Gasteiger partial charge in [-0.1, -0.05) is 6.07 Å². The molecule has 0 saturated carbocycles. The van der Waals surface area contributed by atoms with Crippen LogP contribution >= 0.6 is 0 Å². The molecule has 1 heterocycles. The molecule has 1 aliphatic rings. The molecule has 0 spiro atoms. The molecule has 25 heavy (non-hydrogen) atoms. The van der Waals surface area contributed by atoms with E-state index in [9.17, 15) is 23.1 Å². The van der Waals surface area contributed by atoms with Gasteiger partial charge in [-0.2, -0.15) is 4.31 Å². The van der Waals surface area contributed by atoms with Crippen LogP contribution in [0.2, 0.25) is 0 Å². The van der Waals surface area contributed by atoms with E-state index >= 15 is 0 Å². The molecule has 0 aromatic heterocycles. The number of nitrogens with one attached hydrogen (secondary N) is 1. The maximum absolute atomic E-state index is 12.5. The van der Waals surface area contributed by atoms with Crippen molar-refractivity contribution in [2.75, 3.05) is 20.3 Å². The summed E-state index contributed by atoms with van der Waals surface area (Å²) in [6.07, 6.45) is 0.155.